The second-order valence-corrected chi connectivity index (χ2v) is 20.0. The molecular formula is C31H45BClN3O7Si. The Kier molecular flexibility index (Phi) is 9.85. The maximum absolute atomic E-state index is 10.0. The van der Waals surface area contributed by atoms with Crippen molar-refractivity contribution >= 4 is 43.4 Å². The van der Waals surface area contributed by atoms with Gasteiger partial charge in [-0.2, -0.15) is 4.98 Å². The Morgan fingerprint density at radius 2 is 1.77 bits per heavy atom. The normalized spacial score (nSPS) is 22.2. The van der Waals surface area contributed by atoms with Crippen LogP contribution in [0.25, 0.3) is 22.4 Å². The number of hydrogen-bond donors (Lipinski definition) is 1. The molecule has 240 valence electrons. The molecule has 1 aromatic carbocycles. The molecule has 13 heteroatoms. The van der Waals surface area contributed by atoms with Crippen LogP contribution < -0.4 is 10.2 Å². The highest BCUT2D eigenvalue weighted by Crippen LogP contribution is 2.37. The molecule has 3 atom stereocenters. The van der Waals surface area contributed by atoms with Gasteiger partial charge in [0, 0.05) is 20.2 Å². The zero-order valence-electron chi connectivity index (χ0n) is 27.1. The molecule has 0 unspecified atom stereocenters. The van der Waals surface area contributed by atoms with Crippen LogP contribution >= 0.6 is 11.6 Å². The molecule has 0 saturated carbocycles. The van der Waals surface area contributed by atoms with Crippen LogP contribution in [0, 0.1) is 0 Å². The van der Waals surface area contributed by atoms with Crippen LogP contribution in [-0.4, -0.2) is 90.8 Å². The van der Waals surface area contributed by atoms with Crippen molar-refractivity contribution < 1.29 is 33.4 Å². The molecule has 1 N–H and O–H groups in total. The van der Waals surface area contributed by atoms with E-state index in [1.807, 2.05) is 63.5 Å². The van der Waals surface area contributed by atoms with E-state index in [0.29, 0.717) is 41.1 Å². The molecule has 2 fully saturated rings. The average Bonchev–Trinajstić information content (AvgIpc) is 3.56. The van der Waals surface area contributed by atoms with Gasteiger partial charge in [0.1, 0.15) is 30.6 Å². The number of ether oxygens (including phenoxy) is 4. The summed E-state index contributed by atoms with van der Waals surface area (Å²) in [6, 6.07) is 11.1. The SMILES string of the molecule is C[C@@H](CO[C@H]1COC[C@H]1O)Oc1nc2cc(Cl)c(-c3ccc(B4OC(C)(C)C(C)(C)O4)cc3)nc2n1COCC[Si](C)(C)C. The van der Waals surface area contributed by atoms with Crippen molar-refractivity contribution in [2.24, 2.45) is 0 Å². The maximum Gasteiger partial charge on any atom is 0.494 e. The van der Waals surface area contributed by atoms with Gasteiger partial charge in [-0.15, -0.1) is 0 Å². The molecule has 3 aromatic rings. The van der Waals surface area contributed by atoms with Gasteiger partial charge >= 0.3 is 13.1 Å². The first kappa shape index (κ1) is 33.3. The number of nitrogens with zero attached hydrogens (tertiary/aromatic N) is 3. The summed E-state index contributed by atoms with van der Waals surface area (Å²) in [6.07, 6.45) is -1.36. The van der Waals surface area contributed by atoms with Gasteiger partial charge in [0.2, 0.25) is 0 Å². The summed E-state index contributed by atoms with van der Waals surface area (Å²) < 4.78 is 37.8. The van der Waals surface area contributed by atoms with Gasteiger partial charge in [0.05, 0.1) is 41.7 Å². The molecule has 2 saturated heterocycles. The fourth-order valence-electron chi connectivity index (χ4n) is 4.88. The smallest absolute Gasteiger partial charge is 0.459 e. The summed E-state index contributed by atoms with van der Waals surface area (Å²) in [5, 5.41) is 10.5. The highest BCUT2D eigenvalue weighted by atomic mass is 35.5. The summed E-state index contributed by atoms with van der Waals surface area (Å²) in [7, 11) is -1.73. The van der Waals surface area contributed by atoms with E-state index >= 15 is 0 Å². The fourth-order valence-corrected chi connectivity index (χ4v) is 5.89. The lowest BCUT2D eigenvalue weighted by atomic mass is 9.79. The van der Waals surface area contributed by atoms with E-state index in [1.165, 1.54) is 0 Å². The fraction of sp³-hybridized carbons (Fsp3) is 0.613. The highest BCUT2D eigenvalue weighted by Gasteiger charge is 2.51. The van der Waals surface area contributed by atoms with Crippen molar-refractivity contribution in [3.63, 3.8) is 0 Å². The van der Waals surface area contributed by atoms with Gasteiger partial charge in [0.25, 0.3) is 0 Å². The van der Waals surface area contributed by atoms with E-state index in [4.69, 9.17) is 49.8 Å². The van der Waals surface area contributed by atoms with Crippen molar-refractivity contribution in [1.29, 1.82) is 0 Å². The van der Waals surface area contributed by atoms with E-state index in [9.17, 15) is 5.11 Å². The molecule has 2 aromatic heterocycles. The first-order valence-electron chi connectivity index (χ1n) is 15.3. The van der Waals surface area contributed by atoms with Crippen molar-refractivity contribution in [3.8, 4) is 17.3 Å². The van der Waals surface area contributed by atoms with Crippen molar-refractivity contribution in [2.75, 3.05) is 26.4 Å². The monoisotopic (exact) mass is 645 g/mol. The lowest BCUT2D eigenvalue weighted by Crippen LogP contribution is -2.41. The van der Waals surface area contributed by atoms with E-state index in [0.717, 1.165) is 17.1 Å². The predicted octanol–water partition coefficient (Wildman–Crippen LogP) is 4.91. The Balaban J connectivity index is 1.39. The van der Waals surface area contributed by atoms with Crippen LogP contribution in [0.3, 0.4) is 0 Å². The minimum Gasteiger partial charge on any atom is -0.459 e. The molecule has 4 heterocycles. The molecule has 2 aliphatic rings. The molecule has 0 radical (unpaired) electrons. The molecule has 2 aliphatic heterocycles. The van der Waals surface area contributed by atoms with E-state index in [-0.39, 0.29) is 32.2 Å². The second kappa shape index (κ2) is 13.0. The Hall–Kier alpha value is -2.03. The number of hydrogen-bond acceptors (Lipinski definition) is 9. The summed E-state index contributed by atoms with van der Waals surface area (Å²) in [5.74, 6) is 0. The van der Waals surface area contributed by atoms with E-state index in [2.05, 4.69) is 19.6 Å². The first-order chi connectivity index (χ1) is 20.6. The van der Waals surface area contributed by atoms with Crippen LogP contribution in [0.4, 0.5) is 0 Å². The van der Waals surface area contributed by atoms with Crippen LogP contribution in [0.2, 0.25) is 30.7 Å². The zero-order chi connectivity index (χ0) is 31.9. The van der Waals surface area contributed by atoms with Crippen molar-refractivity contribution in [1.82, 2.24) is 14.5 Å². The lowest BCUT2D eigenvalue weighted by molar-refractivity contribution is -0.0396. The van der Waals surface area contributed by atoms with Crippen molar-refractivity contribution in [2.45, 2.75) is 96.5 Å². The zero-order valence-corrected chi connectivity index (χ0v) is 28.8. The summed E-state index contributed by atoms with van der Waals surface area (Å²) in [4.78, 5) is 9.69. The Labute approximate surface area is 266 Å². The largest absolute Gasteiger partial charge is 0.494 e. The maximum atomic E-state index is 10.0. The number of pyridine rings is 1. The third kappa shape index (κ3) is 7.50. The molecule has 0 spiro atoms. The van der Waals surface area contributed by atoms with Crippen LogP contribution in [-0.2, 0) is 30.3 Å². The molecule has 0 bridgehead atoms. The minimum absolute atomic E-state index is 0.230. The Bertz CT molecular complexity index is 1430. The average molecular weight is 646 g/mol. The number of fused-ring (bicyclic) bond motifs is 1. The van der Waals surface area contributed by atoms with Crippen LogP contribution in [0.1, 0.15) is 34.6 Å². The predicted molar refractivity (Wildman–Crippen MR) is 174 cm³/mol. The van der Waals surface area contributed by atoms with Crippen LogP contribution in [0.5, 0.6) is 6.01 Å². The standard InChI is InChI=1S/C31H45BClN3O7Si/c1-20(16-40-26-18-39-17-25(26)37)41-29-34-24-15-23(33)27(35-28(24)36(29)19-38-13-14-44(6,7)8)21-9-11-22(12-10-21)32-42-30(2,3)31(4,5)43-32/h9-12,15,20,25-26,37H,13-14,16-19H2,1-8H3/t20-,25+,26-/m0/s1. The van der Waals surface area contributed by atoms with Crippen LogP contribution in [0.15, 0.2) is 30.3 Å². The second-order valence-electron chi connectivity index (χ2n) is 13.9. The topological polar surface area (TPSA) is 106 Å². The molecule has 0 aliphatic carbocycles. The third-order valence-electron chi connectivity index (χ3n) is 8.42. The summed E-state index contributed by atoms with van der Waals surface area (Å²) in [6.45, 7) is 18.8. The van der Waals surface area contributed by atoms with E-state index in [1.54, 1.807) is 6.07 Å². The molecule has 44 heavy (non-hydrogen) atoms. The van der Waals surface area contributed by atoms with E-state index < -0.39 is 32.5 Å². The highest BCUT2D eigenvalue weighted by molar-refractivity contribution is 6.76. The van der Waals surface area contributed by atoms with Gasteiger partial charge < -0.3 is 33.4 Å². The Morgan fingerprint density at radius 3 is 2.39 bits per heavy atom. The van der Waals surface area contributed by atoms with Crippen molar-refractivity contribution in [3.05, 3.63) is 35.4 Å². The summed E-state index contributed by atoms with van der Waals surface area (Å²) >= 11 is 6.78. The third-order valence-corrected chi connectivity index (χ3v) is 10.4. The molecular weight excluding hydrogens is 601 g/mol. The number of aliphatic hydroxyl groups is 1. The van der Waals surface area contributed by atoms with Gasteiger partial charge in [-0.05, 0) is 52.2 Å². The lowest BCUT2D eigenvalue weighted by Gasteiger charge is -2.32. The minimum atomic E-state index is -1.27. The number of rotatable bonds is 12. The van der Waals surface area contributed by atoms with Gasteiger partial charge in [-0.3, -0.25) is 4.57 Å². The number of imidazole rings is 1. The molecule has 5 rings (SSSR count). The number of benzene rings is 1. The quantitative estimate of drug-likeness (QED) is 0.217. The number of aliphatic hydroxyl groups excluding tert-OH is 1. The first-order valence-corrected chi connectivity index (χ1v) is 19.4. The Morgan fingerprint density at radius 1 is 1.09 bits per heavy atom. The number of halogens is 1. The summed E-state index contributed by atoms with van der Waals surface area (Å²) in [5.41, 5.74) is 2.77. The molecule has 0 amide bonds. The van der Waals surface area contributed by atoms with Gasteiger partial charge in [-0.25, -0.2) is 4.98 Å². The van der Waals surface area contributed by atoms with Gasteiger partial charge in [-0.1, -0.05) is 55.5 Å². The molecule has 10 nitrogen and oxygen atoms in total. The number of aromatic nitrogens is 3. The van der Waals surface area contributed by atoms with Gasteiger partial charge in [0.15, 0.2) is 5.65 Å².